The second-order valence-electron chi connectivity index (χ2n) is 4.79. The van der Waals surface area contributed by atoms with Crippen LogP contribution in [0.3, 0.4) is 0 Å². The van der Waals surface area contributed by atoms with Crippen LogP contribution in [-0.2, 0) is 9.59 Å². The van der Waals surface area contributed by atoms with Crippen LogP contribution in [0, 0.1) is 0 Å². The number of hydrogen-bond donors (Lipinski definition) is 2. The first-order valence-corrected chi connectivity index (χ1v) is 7.40. The first-order chi connectivity index (χ1) is 10.9. The second kappa shape index (κ2) is 7.31. The van der Waals surface area contributed by atoms with Crippen molar-refractivity contribution in [3.8, 4) is 0 Å². The average Bonchev–Trinajstić information content (AvgIpc) is 2.46. The van der Waals surface area contributed by atoms with Gasteiger partial charge in [0.15, 0.2) is 0 Å². The van der Waals surface area contributed by atoms with Crippen molar-refractivity contribution in [3.05, 3.63) is 63.6 Å². The third-order valence-corrected chi connectivity index (χ3v) is 3.54. The van der Waals surface area contributed by atoms with E-state index in [1.54, 1.807) is 36.4 Å². The molecule has 2 aromatic carbocycles. The number of hydrogen-bond acceptors (Lipinski definition) is 2. The highest BCUT2D eigenvalue weighted by molar-refractivity contribution is 6.37. The normalized spacial score (nSPS) is 11.2. The Bertz CT molecular complexity index is 783. The Hall–Kier alpha value is -2.30. The van der Waals surface area contributed by atoms with E-state index in [4.69, 9.17) is 23.2 Å². The van der Waals surface area contributed by atoms with Gasteiger partial charge in [0.1, 0.15) is 0 Å². The Morgan fingerprint density at radius 1 is 1.09 bits per heavy atom. The van der Waals surface area contributed by atoms with Crippen LogP contribution in [0.1, 0.15) is 18.1 Å². The smallest absolute Gasteiger partial charge is 0.336 e. The molecule has 0 spiro atoms. The van der Waals surface area contributed by atoms with E-state index in [9.17, 15) is 14.7 Å². The van der Waals surface area contributed by atoms with Gasteiger partial charge < -0.3 is 10.4 Å². The van der Waals surface area contributed by atoms with Crippen molar-refractivity contribution in [2.45, 2.75) is 6.92 Å². The van der Waals surface area contributed by atoms with Gasteiger partial charge in [0.2, 0.25) is 5.91 Å². The van der Waals surface area contributed by atoms with E-state index in [-0.39, 0.29) is 16.5 Å². The van der Waals surface area contributed by atoms with Crippen molar-refractivity contribution in [1.29, 1.82) is 0 Å². The van der Waals surface area contributed by atoms with Gasteiger partial charge in [0.05, 0.1) is 10.6 Å². The van der Waals surface area contributed by atoms with Crippen LogP contribution in [0.15, 0.2) is 42.5 Å². The number of carboxylic acid groups (broad SMARTS) is 1. The zero-order valence-corrected chi connectivity index (χ0v) is 13.7. The van der Waals surface area contributed by atoms with Gasteiger partial charge in [-0.3, -0.25) is 4.79 Å². The standard InChI is InChI=1S/C17H13Cl2NO3/c1-10(21)20-13-5-2-11(3-6-13)8-15(17(22)23)14-7-4-12(18)9-16(14)19/h2-9H,1H3,(H,20,21)(H,22,23). The van der Waals surface area contributed by atoms with Gasteiger partial charge >= 0.3 is 5.97 Å². The molecule has 0 aliphatic heterocycles. The fourth-order valence-electron chi connectivity index (χ4n) is 2.00. The van der Waals surface area contributed by atoms with E-state index in [1.165, 1.54) is 19.1 Å². The van der Waals surface area contributed by atoms with Gasteiger partial charge in [0.25, 0.3) is 0 Å². The summed E-state index contributed by atoms with van der Waals surface area (Å²) >= 11 is 11.9. The summed E-state index contributed by atoms with van der Waals surface area (Å²) in [6.45, 7) is 1.42. The molecule has 23 heavy (non-hydrogen) atoms. The van der Waals surface area contributed by atoms with Crippen LogP contribution in [0.4, 0.5) is 5.69 Å². The summed E-state index contributed by atoms with van der Waals surface area (Å²) in [7, 11) is 0. The van der Waals surface area contributed by atoms with E-state index >= 15 is 0 Å². The number of benzene rings is 2. The maximum atomic E-state index is 11.5. The molecule has 0 aliphatic carbocycles. The predicted molar refractivity (Wildman–Crippen MR) is 92.7 cm³/mol. The Morgan fingerprint density at radius 2 is 1.74 bits per heavy atom. The average molecular weight is 350 g/mol. The summed E-state index contributed by atoms with van der Waals surface area (Å²) in [4.78, 5) is 22.5. The fourth-order valence-corrected chi connectivity index (χ4v) is 2.51. The van der Waals surface area contributed by atoms with Crippen molar-refractivity contribution in [2.24, 2.45) is 0 Å². The number of aliphatic carboxylic acids is 1. The van der Waals surface area contributed by atoms with Gasteiger partial charge in [0, 0.05) is 23.2 Å². The number of nitrogens with one attached hydrogen (secondary N) is 1. The zero-order chi connectivity index (χ0) is 17.0. The van der Waals surface area contributed by atoms with Crippen molar-refractivity contribution in [1.82, 2.24) is 0 Å². The molecule has 2 aromatic rings. The molecule has 0 aromatic heterocycles. The predicted octanol–water partition coefficient (Wildman–Crippen LogP) is 4.58. The molecule has 0 radical (unpaired) electrons. The Kier molecular flexibility index (Phi) is 5.42. The van der Waals surface area contributed by atoms with Crippen LogP contribution < -0.4 is 5.32 Å². The molecule has 0 aliphatic rings. The molecular weight excluding hydrogens is 337 g/mol. The van der Waals surface area contributed by atoms with Crippen LogP contribution in [0.5, 0.6) is 0 Å². The molecular formula is C17H13Cl2NO3. The van der Waals surface area contributed by atoms with Crippen molar-refractivity contribution >= 4 is 52.4 Å². The third-order valence-electron chi connectivity index (χ3n) is 2.99. The van der Waals surface area contributed by atoms with E-state index in [0.29, 0.717) is 21.8 Å². The van der Waals surface area contributed by atoms with Crippen LogP contribution in [0.2, 0.25) is 10.0 Å². The minimum absolute atomic E-state index is 0.0546. The van der Waals surface area contributed by atoms with Crippen LogP contribution in [0.25, 0.3) is 11.6 Å². The second-order valence-corrected chi connectivity index (χ2v) is 5.63. The molecule has 0 heterocycles. The molecule has 118 valence electrons. The lowest BCUT2D eigenvalue weighted by Crippen LogP contribution is -2.05. The fraction of sp³-hybridized carbons (Fsp3) is 0.0588. The zero-order valence-electron chi connectivity index (χ0n) is 12.1. The molecule has 0 saturated heterocycles. The van der Waals surface area contributed by atoms with Crippen LogP contribution in [-0.4, -0.2) is 17.0 Å². The number of carbonyl (C=O) groups is 2. The summed E-state index contributed by atoms with van der Waals surface area (Å²) in [5.74, 6) is -1.27. The number of carboxylic acids is 1. The lowest BCUT2D eigenvalue weighted by Gasteiger charge is -2.07. The highest BCUT2D eigenvalue weighted by Gasteiger charge is 2.14. The van der Waals surface area contributed by atoms with Crippen molar-refractivity contribution in [3.63, 3.8) is 0 Å². The molecule has 0 bridgehead atoms. The van der Waals surface area contributed by atoms with Crippen molar-refractivity contribution in [2.75, 3.05) is 5.32 Å². The molecule has 4 nitrogen and oxygen atoms in total. The number of anilines is 1. The quantitative estimate of drug-likeness (QED) is 0.627. The van der Waals surface area contributed by atoms with E-state index < -0.39 is 5.97 Å². The number of carbonyl (C=O) groups excluding carboxylic acids is 1. The minimum atomic E-state index is -1.10. The molecule has 6 heteroatoms. The first-order valence-electron chi connectivity index (χ1n) is 6.65. The Labute approximate surface area is 143 Å². The highest BCUT2D eigenvalue weighted by atomic mass is 35.5. The topological polar surface area (TPSA) is 66.4 Å². The molecule has 0 unspecified atom stereocenters. The van der Waals surface area contributed by atoms with E-state index in [0.717, 1.165) is 0 Å². The van der Waals surface area contributed by atoms with Crippen LogP contribution >= 0.6 is 23.2 Å². The summed E-state index contributed by atoms with van der Waals surface area (Å²) in [6, 6.07) is 11.4. The molecule has 0 saturated carbocycles. The molecule has 0 fully saturated rings. The molecule has 0 atom stereocenters. The lowest BCUT2D eigenvalue weighted by molar-refractivity contribution is -0.130. The summed E-state index contributed by atoms with van der Waals surface area (Å²) in [6.07, 6.45) is 1.51. The van der Waals surface area contributed by atoms with Gasteiger partial charge in [-0.25, -0.2) is 4.79 Å². The minimum Gasteiger partial charge on any atom is -0.478 e. The van der Waals surface area contributed by atoms with E-state index in [1.807, 2.05) is 0 Å². The SMILES string of the molecule is CC(=O)Nc1ccc(C=C(C(=O)O)c2ccc(Cl)cc2Cl)cc1. The third kappa shape index (κ3) is 4.58. The largest absolute Gasteiger partial charge is 0.478 e. The summed E-state index contributed by atoms with van der Waals surface area (Å²) in [5, 5.41) is 12.8. The monoisotopic (exact) mass is 349 g/mol. The Balaban J connectivity index is 2.39. The Morgan fingerprint density at radius 3 is 2.26 bits per heavy atom. The van der Waals surface area contributed by atoms with Gasteiger partial charge in [-0.15, -0.1) is 0 Å². The number of halogens is 2. The highest BCUT2D eigenvalue weighted by Crippen LogP contribution is 2.29. The van der Waals surface area contributed by atoms with Gasteiger partial charge in [-0.05, 0) is 35.9 Å². The summed E-state index contributed by atoms with van der Waals surface area (Å²) < 4.78 is 0. The number of amides is 1. The summed E-state index contributed by atoms with van der Waals surface area (Å²) in [5.41, 5.74) is 1.74. The maximum absolute atomic E-state index is 11.5. The molecule has 1 amide bonds. The van der Waals surface area contributed by atoms with Gasteiger partial charge in [-0.1, -0.05) is 41.4 Å². The van der Waals surface area contributed by atoms with Gasteiger partial charge in [-0.2, -0.15) is 0 Å². The number of rotatable bonds is 4. The van der Waals surface area contributed by atoms with Crippen molar-refractivity contribution < 1.29 is 14.7 Å². The lowest BCUT2D eigenvalue weighted by atomic mass is 10.0. The van der Waals surface area contributed by atoms with E-state index in [2.05, 4.69) is 5.32 Å². The molecule has 2 rings (SSSR count). The maximum Gasteiger partial charge on any atom is 0.336 e. The first kappa shape index (κ1) is 17.1. The molecule has 2 N–H and O–H groups in total.